The van der Waals surface area contributed by atoms with Crippen LogP contribution in [0.4, 0.5) is 0 Å². The highest BCUT2D eigenvalue weighted by Gasteiger charge is 2.17. The molecule has 0 spiro atoms. The third-order valence-corrected chi connectivity index (χ3v) is 4.06. The number of guanidine groups is 1. The largest absolute Gasteiger partial charge is 0.383 e. The summed E-state index contributed by atoms with van der Waals surface area (Å²) in [5.41, 5.74) is 1.20. The molecule has 2 N–H and O–H groups in total. The van der Waals surface area contributed by atoms with E-state index >= 15 is 0 Å². The smallest absolute Gasteiger partial charge is 0.191 e. The van der Waals surface area contributed by atoms with Crippen LogP contribution in [-0.2, 0) is 16.0 Å². The summed E-state index contributed by atoms with van der Waals surface area (Å²) in [5.74, 6) is 0.830. The standard InChI is InChI=1S/C18H30N4O2/c1-16-15-24-13-11-22(16)10-8-19-18(20-9-12-23-2)21-14-17-6-4-3-5-7-17/h3-7,16H,8-15H2,1-2H3,(H2,19,20,21)/t16-/m0/s1. The Morgan fingerprint density at radius 1 is 1.29 bits per heavy atom. The minimum Gasteiger partial charge on any atom is -0.383 e. The van der Waals surface area contributed by atoms with Crippen molar-refractivity contribution in [1.82, 2.24) is 15.5 Å². The Hall–Kier alpha value is -1.63. The lowest BCUT2D eigenvalue weighted by Gasteiger charge is -2.33. The lowest BCUT2D eigenvalue weighted by molar-refractivity contribution is 0.000877. The molecule has 1 aliphatic heterocycles. The number of hydrogen-bond donors (Lipinski definition) is 2. The maximum atomic E-state index is 5.48. The number of methoxy groups -OCH3 is 1. The van der Waals surface area contributed by atoms with Crippen LogP contribution >= 0.6 is 0 Å². The first-order valence-electron chi connectivity index (χ1n) is 8.66. The fourth-order valence-corrected chi connectivity index (χ4v) is 2.61. The Bertz CT molecular complexity index is 481. The molecular weight excluding hydrogens is 304 g/mol. The number of aliphatic imine (C=N–C) groups is 1. The lowest BCUT2D eigenvalue weighted by Crippen LogP contribution is -2.48. The fraction of sp³-hybridized carbons (Fsp3) is 0.611. The van der Waals surface area contributed by atoms with Gasteiger partial charge >= 0.3 is 0 Å². The Morgan fingerprint density at radius 3 is 2.83 bits per heavy atom. The van der Waals surface area contributed by atoms with E-state index in [4.69, 9.17) is 9.47 Å². The summed E-state index contributed by atoms with van der Waals surface area (Å²) in [6, 6.07) is 10.8. The molecule has 134 valence electrons. The molecule has 1 atom stereocenters. The SMILES string of the molecule is COCCNC(=NCc1ccccc1)NCCN1CCOC[C@@H]1C. The molecule has 0 saturated carbocycles. The fourth-order valence-electron chi connectivity index (χ4n) is 2.61. The van der Waals surface area contributed by atoms with Crippen molar-refractivity contribution >= 4 is 5.96 Å². The van der Waals surface area contributed by atoms with Crippen LogP contribution in [0.2, 0.25) is 0 Å². The number of nitrogens with zero attached hydrogens (tertiary/aromatic N) is 2. The molecule has 0 aromatic heterocycles. The number of hydrogen-bond acceptors (Lipinski definition) is 4. The predicted octanol–water partition coefficient (Wildman–Crippen LogP) is 1.09. The number of benzene rings is 1. The molecule has 6 nitrogen and oxygen atoms in total. The van der Waals surface area contributed by atoms with Crippen molar-refractivity contribution in [3.63, 3.8) is 0 Å². The minimum atomic E-state index is 0.478. The van der Waals surface area contributed by atoms with Crippen molar-refractivity contribution in [3.05, 3.63) is 35.9 Å². The van der Waals surface area contributed by atoms with Gasteiger partial charge in [0.1, 0.15) is 0 Å². The van der Waals surface area contributed by atoms with Crippen LogP contribution in [0.25, 0.3) is 0 Å². The van der Waals surface area contributed by atoms with E-state index in [1.165, 1.54) is 5.56 Å². The third kappa shape index (κ3) is 6.86. The molecule has 1 fully saturated rings. The Morgan fingerprint density at radius 2 is 2.08 bits per heavy atom. The average Bonchev–Trinajstić information content (AvgIpc) is 2.62. The molecule has 0 aliphatic carbocycles. The van der Waals surface area contributed by atoms with E-state index in [9.17, 15) is 0 Å². The Balaban J connectivity index is 1.80. The van der Waals surface area contributed by atoms with E-state index in [-0.39, 0.29) is 0 Å². The number of nitrogens with one attached hydrogen (secondary N) is 2. The second-order valence-corrected chi connectivity index (χ2v) is 5.96. The summed E-state index contributed by atoms with van der Waals surface area (Å²) >= 11 is 0. The molecule has 0 radical (unpaired) electrons. The van der Waals surface area contributed by atoms with Crippen LogP contribution < -0.4 is 10.6 Å². The normalized spacial score (nSPS) is 19.2. The van der Waals surface area contributed by atoms with E-state index in [0.717, 1.165) is 45.4 Å². The average molecular weight is 334 g/mol. The maximum Gasteiger partial charge on any atom is 0.191 e. The molecule has 1 heterocycles. The first-order chi connectivity index (χ1) is 11.8. The van der Waals surface area contributed by atoms with E-state index < -0.39 is 0 Å². The summed E-state index contributed by atoms with van der Waals surface area (Å²) in [6.07, 6.45) is 0. The van der Waals surface area contributed by atoms with Gasteiger partial charge in [0.15, 0.2) is 5.96 Å². The highest BCUT2D eigenvalue weighted by molar-refractivity contribution is 5.79. The summed E-state index contributed by atoms with van der Waals surface area (Å²) in [7, 11) is 1.70. The van der Waals surface area contributed by atoms with Gasteiger partial charge in [-0.25, -0.2) is 4.99 Å². The minimum absolute atomic E-state index is 0.478. The highest BCUT2D eigenvalue weighted by atomic mass is 16.5. The first kappa shape index (κ1) is 18.7. The molecular formula is C18H30N4O2. The van der Waals surface area contributed by atoms with Crippen LogP contribution in [0.5, 0.6) is 0 Å². The number of morpholine rings is 1. The molecule has 1 aromatic carbocycles. The van der Waals surface area contributed by atoms with E-state index in [1.807, 2.05) is 18.2 Å². The van der Waals surface area contributed by atoms with Gasteiger partial charge in [-0.2, -0.15) is 0 Å². The third-order valence-electron chi connectivity index (χ3n) is 4.06. The number of ether oxygens (including phenoxy) is 2. The highest BCUT2D eigenvalue weighted by Crippen LogP contribution is 2.04. The van der Waals surface area contributed by atoms with Gasteiger partial charge in [0.05, 0.1) is 26.4 Å². The summed E-state index contributed by atoms with van der Waals surface area (Å²) in [4.78, 5) is 7.11. The van der Waals surface area contributed by atoms with E-state index in [0.29, 0.717) is 19.2 Å². The molecule has 0 bridgehead atoms. The molecule has 1 saturated heterocycles. The van der Waals surface area contributed by atoms with Gasteiger partial charge in [0, 0.05) is 39.3 Å². The van der Waals surface area contributed by atoms with Crippen molar-refractivity contribution in [2.24, 2.45) is 4.99 Å². The van der Waals surface area contributed by atoms with Gasteiger partial charge in [0.2, 0.25) is 0 Å². The molecule has 2 rings (SSSR count). The van der Waals surface area contributed by atoms with Gasteiger partial charge in [-0.05, 0) is 12.5 Å². The van der Waals surface area contributed by atoms with Crippen LogP contribution in [0.3, 0.4) is 0 Å². The molecule has 0 unspecified atom stereocenters. The van der Waals surface area contributed by atoms with Gasteiger partial charge in [-0.1, -0.05) is 30.3 Å². The van der Waals surface area contributed by atoms with Crippen molar-refractivity contribution < 1.29 is 9.47 Å². The second kappa shape index (κ2) is 11.0. The summed E-state index contributed by atoms with van der Waals surface area (Å²) in [6.45, 7) is 8.76. The van der Waals surface area contributed by atoms with Gasteiger partial charge in [0.25, 0.3) is 0 Å². The monoisotopic (exact) mass is 334 g/mol. The molecule has 1 aromatic rings. The van der Waals surface area contributed by atoms with E-state index in [1.54, 1.807) is 7.11 Å². The van der Waals surface area contributed by atoms with Crippen molar-refractivity contribution in [1.29, 1.82) is 0 Å². The number of rotatable bonds is 8. The van der Waals surface area contributed by atoms with E-state index in [2.05, 4.69) is 39.6 Å². The van der Waals surface area contributed by atoms with Gasteiger partial charge in [-0.3, -0.25) is 4.90 Å². The van der Waals surface area contributed by atoms with Crippen LogP contribution in [0.15, 0.2) is 35.3 Å². The molecule has 1 aliphatic rings. The Labute approximate surface area is 145 Å². The first-order valence-corrected chi connectivity index (χ1v) is 8.66. The molecule has 24 heavy (non-hydrogen) atoms. The van der Waals surface area contributed by atoms with Crippen molar-refractivity contribution in [2.45, 2.75) is 19.5 Å². The summed E-state index contributed by atoms with van der Waals surface area (Å²) < 4.78 is 10.6. The van der Waals surface area contributed by atoms with Crippen molar-refractivity contribution in [2.75, 3.05) is 53.1 Å². The van der Waals surface area contributed by atoms with Crippen LogP contribution in [-0.4, -0.2) is 70.0 Å². The lowest BCUT2D eigenvalue weighted by atomic mass is 10.2. The predicted molar refractivity (Wildman–Crippen MR) is 97.3 cm³/mol. The zero-order valence-electron chi connectivity index (χ0n) is 14.8. The topological polar surface area (TPSA) is 58.1 Å². The zero-order valence-corrected chi connectivity index (χ0v) is 14.8. The van der Waals surface area contributed by atoms with Crippen LogP contribution in [0, 0.1) is 0 Å². The van der Waals surface area contributed by atoms with Crippen molar-refractivity contribution in [3.8, 4) is 0 Å². The summed E-state index contributed by atoms with van der Waals surface area (Å²) in [5, 5.41) is 6.73. The van der Waals surface area contributed by atoms with Gasteiger partial charge in [-0.15, -0.1) is 0 Å². The van der Waals surface area contributed by atoms with Gasteiger partial charge < -0.3 is 20.1 Å². The zero-order chi connectivity index (χ0) is 17.0. The second-order valence-electron chi connectivity index (χ2n) is 5.96. The maximum absolute atomic E-state index is 5.48. The van der Waals surface area contributed by atoms with Crippen LogP contribution in [0.1, 0.15) is 12.5 Å². The quantitative estimate of drug-likeness (QED) is 0.423. The molecule has 0 amide bonds. The molecule has 6 heteroatoms. The Kier molecular flexibility index (Phi) is 8.59.